The third-order valence-electron chi connectivity index (χ3n) is 5.37. The van der Waals surface area contributed by atoms with Crippen LogP contribution in [0.25, 0.3) is 0 Å². The molecule has 0 aliphatic heterocycles. The van der Waals surface area contributed by atoms with Crippen molar-refractivity contribution in [3.05, 3.63) is 125 Å². The predicted molar refractivity (Wildman–Crippen MR) is 147 cm³/mol. The molecule has 3 aromatic carbocycles. The van der Waals surface area contributed by atoms with E-state index < -0.39 is 0 Å². The van der Waals surface area contributed by atoms with Crippen molar-refractivity contribution in [1.82, 2.24) is 4.98 Å². The van der Waals surface area contributed by atoms with Crippen LogP contribution in [0.5, 0.6) is 0 Å². The summed E-state index contributed by atoms with van der Waals surface area (Å²) in [5.74, 6) is 0. The van der Waals surface area contributed by atoms with Crippen LogP contribution in [0, 0.1) is 0 Å². The minimum atomic E-state index is 0.382. The second-order valence-electron chi connectivity index (χ2n) is 7.54. The molecular formula is C29H27Cl2CoN3. The van der Waals surface area contributed by atoms with Gasteiger partial charge in [-0.3, -0.25) is 4.99 Å². The van der Waals surface area contributed by atoms with E-state index in [9.17, 15) is 0 Å². The number of hydrogen-bond donors (Lipinski definition) is 0. The summed E-state index contributed by atoms with van der Waals surface area (Å²) in [7, 11) is 9.47. The molecule has 4 aromatic rings. The molecule has 1 heterocycles. The van der Waals surface area contributed by atoms with Crippen molar-refractivity contribution < 1.29 is 12.9 Å². The second kappa shape index (κ2) is 14.6. The molecule has 0 atom stereocenters. The molecule has 0 aliphatic carbocycles. The molecule has 0 amide bonds. The average molecular weight is 547 g/mol. The maximum absolute atomic E-state index is 5.07. The van der Waals surface area contributed by atoms with E-state index in [2.05, 4.69) is 50.2 Å². The molecule has 0 spiro atoms. The topological polar surface area (TPSA) is 37.6 Å². The van der Waals surface area contributed by atoms with Crippen LogP contribution in [-0.4, -0.2) is 16.9 Å². The summed E-state index contributed by atoms with van der Waals surface area (Å²) in [6, 6.07) is 32.7. The van der Waals surface area contributed by atoms with Crippen LogP contribution in [0.1, 0.15) is 41.9 Å². The van der Waals surface area contributed by atoms with Crippen LogP contribution in [0.4, 0.5) is 11.4 Å². The van der Waals surface area contributed by atoms with E-state index in [1.807, 2.05) is 66.9 Å². The Morgan fingerprint density at radius 3 is 1.97 bits per heavy atom. The van der Waals surface area contributed by atoms with Crippen LogP contribution >= 0.6 is 20.3 Å². The fourth-order valence-electron chi connectivity index (χ4n) is 3.63. The molecule has 6 heteroatoms. The van der Waals surface area contributed by atoms with Gasteiger partial charge < -0.3 is 0 Å². The molecule has 4 rings (SSSR count). The number of nitrogens with zero attached hydrogens (tertiary/aromatic N) is 3. The first-order valence-electron chi connectivity index (χ1n) is 11.3. The molecule has 0 fully saturated rings. The Hall–Kier alpha value is -2.76. The molecule has 3 nitrogen and oxygen atoms in total. The van der Waals surface area contributed by atoms with E-state index in [0.717, 1.165) is 46.9 Å². The molecule has 35 heavy (non-hydrogen) atoms. The average Bonchev–Trinajstić information content (AvgIpc) is 2.92. The first-order valence-corrected chi connectivity index (χ1v) is 14.2. The van der Waals surface area contributed by atoms with Crippen LogP contribution in [0.15, 0.2) is 107 Å². The number of hydrogen-bond acceptors (Lipinski definition) is 3. The summed E-state index contributed by atoms with van der Waals surface area (Å²) in [6.45, 7) is 4.30. The van der Waals surface area contributed by atoms with Crippen molar-refractivity contribution in [2.45, 2.75) is 26.7 Å². The molecule has 0 aliphatic rings. The van der Waals surface area contributed by atoms with Gasteiger partial charge in [0.1, 0.15) is 0 Å². The molecule has 0 saturated heterocycles. The number of halogens is 2. The standard InChI is InChI=1S/C29H27N3.2ClH.Co/c1-3-22-13-8-10-18-26(22)30-21-25-17-12-20-28(31-25)29(24-15-6-5-7-16-24)32-27-19-11-9-14-23(27)4-2;;;/h5-21H,3-4H2,1-2H3;2*1H;/q;;;+2/p-2. The summed E-state index contributed by atoms with van der Waals surface area (Å²) in [6.07, 6.45) is 3.71. The Morgan fingerprint density at radius 2 is 1.31 bits per heavy atom. The molecule has 1 aromatic heterocycles. The zero-order valence-electron chi connectivity index (χ0n) is 19.7. The molecular weight excluding hydrogens is 520 g/mol. The zero-order valence-corrected chi connectivity index (χ0v) is 22.2. The minimum absolute atomic E-state index is 0.382. The molecule has 0 unspecified atom stereocenters. The molecule has 0 bridgehead atoms. The van der Waals surface area contributed by atoms with E-state index in [4.69, 9.17) is 35.3 Å². The molecule has 0 radical (unpaired) electrons. The fourth-order valence-corrected chi connectivity index (χ4v) is 3.63. The van der Waals surface area contributed by atoms with E-state index >= 15 is 0 Å². The number of aromatic nitrogens is 1. The predicted octanol–water partition coefficient (Wildman–Crippen LogP) is 8.50. The molecule has 181 valence electrons. The molecule has 0 N–H and O–H groups in total. The van der Waals surface area contributed by atoms with E-state index in [0.29, 0.717) is 12.9 Å². The Kier molecular flexibility index (Phi) is 11.2. The quantitative estimate of drug-likeness (QED) is 0.214. The van der Waals surface area contributed by atoms with Crippen LogP contribution in [0.2, 0.25) is 0 Å². The van der Waals surface area contributed by atoms with Crippen LogP contribution in [0.3, 0.4) is 0 Å². The Labute approximate surface area is 222 Å². The Morgan fingerprint density at radius 1 is 0.743 bits per heavy atom. The zero-order chi connectivity index (χ0) is 24.9. The van der Waals surface area contributed by atoms with Gasteiger partial charge in [0.05, 0.1) is 34.7 Å². The van der Waals surface area contributed by atoms with Crippen molar-refractivity contribution in [2.75, 3.05) is 0 Å². The summed E-state index contributed by atoms with van der Waals surface area (Å²) in [5.41, 5.74) is 7.93. The number of pyridine rings is 1. The van der Waals surface area contributed by atoms with E-state index in [-0.39, 0.29) is 0 Å². The fraction of sp³-hybridized carbons (Fsp3) is 0.138. The summed E-state index contributed by atoms with van der Waals surface area (Å²) in [4.78, 5) is 14.7. The number of aryl methyl sites for hydroxylation is 2. The monoisotopic (exact) mass is 546 g/mol. The number of rotatable bonds is 7. The van der Waals surface area contributed by atoms with Crippen LogP contribution in [-0.2, 0) is 25.7 Å². The first kappa shape index (κ1) is 26.8. The van der Waals surface area contributed by atoms with Crippen molar-refractivity contribution in [3.63, 3.8) is 0 Å². The summed E-state index contributed by atoms with van der Waals surface area (Å²) < 4.78 is 0. The van der Waals surface area contributed by atoms with Gasteiger partial charge in [0.25, 0.3) is 0 Å². The Bertz CT molecular complexity index is 1270. The van der Waals surface area contributed by atoms with E-state index in [1.54, 1.807) is 0 Å². The molecule has 0 saturated carbocycles. The van der Waals surface area contributed by atoms with Gasteiger partial charge in [0.15, 0.2) is 0 Å². The first-order chi connectivity index (χ1) is 17.2. The van der Waals surface area contributed by atoms with Crippen molar-refractivity contribution in [1.29, 1.82) is 0 Å². The number of para-hydroxylation sites is 2. The van der Waals surface area contributed by atoms with Gasteiger partial charge in [-0.25, -0.2) is 9.98 Å². The van der Waals surface area contributed by atoms with E-state index in [1.165, 1.54) is 11.1 Å². The van der Waals surface area contributed by atoms with Crippen molar-refractivity contribution in [2.24, 2.45) is 9.98 Å². The van der Waals surface area contributed by atoms with Gasteiger partial charge in [0, 0.05) is 5.56 Å². The van der Waals surface area contributed by atoms with Crippen LogP contribution < -0.4 is 0 Å². The number of benzene rings is 3. The summed E-state index contributed by atoms with van der Waals surface area (Å²) >= 11 is 0.382. The van der Waals surface area contributed by atoms with Gasteiger partial charge in [0.2, 0.25) is 0 Å². The van der Waals surface area contributed by atoms with Crippen molar-refractivity contribution in [3.8, 4) is 0 Å². The third kappa shape index (κ3) is 7.87. The SMILES string of the molecule is CCc1ccccc1N=Cc1cccc(C(=Nc2ccccc2CC)c2ccccc2)n1.[Cl][Co][Cl]. The van der Waals surface area contributed by atoms with Gasteiger partial charge in [-0.05, 0) is 48.2 Å². The third-order valence-corrected chi connectivity index (χ3v) is 5.37. The summed E-state index contributed by atoms with van der Waals surface area (Å²) in [5, 5.41) is 0. The maximum atomic E-state index is 5.07. The van der Waals surface area contributed by atoms with Crippen molar-refractivity contribution >= 4 is 43.6 Å². The van der Waals surface area contributed by atoms with Gasteiger partial charge in [-0.15, -0.1) is 0 Å². The van der Waals surface area contributed by atoms with Gasteiger partial charge in [-0.1, -0.05) is 86.6 Å². The number of aliphatic imine (C=N–C) groups is 2. The van der Waals surface area contributed by atoms with Gasteiger partial charge >= 0.3 is 33.2 Å². The van der Waals surface area contributed by atoms with Gasteiger partial charge in [-0.2, -0.15) is 0 Å². The second-order valence-corrected chi connectivity index (χ2v) is 9.26. The Balaban J connectivity index is 0.00000108. The normalized spacial score (nSPS) is 11.4.